The van der Waals surface area contributed by atoms with Crippen LogP contribution in [0.2, 0.25) is 0 Å². The lowest BCUT2D eigenvalue weighted by atomic mass is 9.90. The number of likely N-dealkylation sites (N-methyl/N-ethyl adjacent to an activating group) is 1. The van der Waals surface area contributed by atoms with Crippen LogP contribution < -0.4 is 0 Å². The third-order valence-corrected chi connectivity index (χ3v) is 6.31. The smallest absolute Gasteiger partial charge is 0.410 e. The Balaban J connectivity index is 1.54. The number of carbonyl (C=O) groups excluding carboxylic acids is 2. The molecule has 3 fully saturated rings. The van der Waals surface area contributed by atoms with Crippen molar-refractivity contribution in [1.29, 1.82) is 0 Å². The zero-order valence-corrected chi connectivity index (χ0v) is 16.7. The fourth-order valence-corrected chi connectivity index (χ4v) is 4.45. The highest BCUT2D eigenvalue weighted by Gasteiger charge is 2.47. The van der Waals surface area contributed by atoms with E-state index >= 15 is 0 Å². The van der Waals surface area contributed by atoms with Gasteiger partial charge in [0.25, 0.3) is 0 Å². The first kappa shape index (κ1) is 19.5. The molecule has 3 aliphatic heterocycles. The van der Waals surface area contributed by atoms with Crippen LogP contribution in [0.25, 0.3) is 0 Å². The largest absolute Gasteiger partial charge is 0.441 e. The maximum atomic E-state index is 13.0. The van der Waals surface area contributed by atoms with Crippen molar-refractivity contribution in [3.63, 3.8) is 0 Å². The molecule has 3 heterocycles. The average Bonchev–Trinajstić information content (AvgIpc) is 2.76. The van der Waals surface area contributed by atoms with Gasteiger partial charge < -0.3 is 14.5 Å². The van der Waals surface area contributed by atoms with Gasteiger partial charge in [-0.2, -0.15) is 0 Å². The molecular formula is C20H35N3O3. The molecule has 6 heteroatoms. The van der Waals surface area contributed by atoms with Crippen LogP contribution in [-0.2, 0) is 9.53 Å². The van der Waals surface area contributed by atoms with Gasteiger partial charge >= 0.3 is 6.09 Å². The molecule has 0 aliphatic carbocycles. The van der Waals surface area contributed by atoms with Crippen LogP contribution in [0.5, 0.6) is 0 Å². The van der Waals surface area contributed by atoms with E-state index in [1.807, 2.05) is 9.80 Å². The number of hydrogen-bond acceptors (Lipinski definition) is 4. The van der Waals surface area contributed by atoms with Gasteiger partial charge in [0.15, 0.2) is 0 Å². The second kappa shape index (κ2) is 8.15. The molecule has 6 nitrogen and oxygen atoms in total. The first-order valence-electron chi connectivity index (χ1n) is 10.4. The zero-order chi connectivity index (χ0) is 18.7. The first-order chi connectivity index (χ1) is 12.4. The third kappa shape index (κ3) is 4.33. The van der Waals surface area contributed by atoms with Crippen molar-refractivity contribution in [3.8, 4) is 0 Å². The van der Waals surface area contributed by atoms with E-state index in [0.29, 0.717) is 25.6 Å². The van der Waals surface area contributed by atoms with Crippen molar-refractivity contribution in [3.05, 3.63) is 0 Å². The van der Waals surface area contributed by atoms with Crippen molar-refractivity contribution >= 4 is 12.0 Å². The van der Waals surface area contributed by atoms with E-state index in [-0.39, 0.29) is 23.6 Å². The highest BCUT2D eigenvalue weighted by molar-refractivity contribution is 5.82. The van der Waals surface area contributed by atoms with E-state index in [2.05, 4.69) is 25.8 Å². The summed E-state index contributed by atoms with van der Waals surface area (Å²) >= 11 is 0. The Morgan fingerprint density at radius 3 is 2.62 bits per heavy atom. The minimum atomic E-state index is -0.375. The van der Waals surface area contributed by atoms with Crippen molar-refractivity contribution in [2.45, 2.75) is 70.4 Å². The maximum absolute atomic E-state index is 13.0. The van der Waals surface area contributed by atoms with Gasteiger partial charge in [-0.25, -0.2) is 4.79 Å². The highest BCUT2D eigenvalue weighted by Crippen LogP contribution is 2.34. The van der Waals surface area contributed by atoms with Crippen LogP contribution in [0.3, 0.4) is 0 Å². The molecule has 0 N–H and O–H groups in total. The number of amides is 2. The van der Waals surface area contributed by atoms with Crippen LogP contribution >= 0.6 is 0 Å². The van der Waals surface area contributed by atoms with Gasteiger partial charge in [0.1, 0.15) is 5.60 Å². The lowest BCUT2D eigenvalue weighted by molar-refractivity contribution is -0.140. The summed E-state index contributed by atoms with van der Waals surface area (Å²) in [6, 6.07) is 0.0280. The second-order valence-electron chi connectivity index (χ2n) is 8.83. The number of hydrogen-bond donors (Lipinski definition) is 0. The molecule has 2 amide bonds. The summed E-state index contributed by atoms with van der Waals surface area (Å²) in [6.45, 7) is 8.22. The van der Waals surface area contributed by atoms with Crippen LogP contribution in [0.1, 0.15) is 58.8 Å². The molecule has 3 saturated heterocycles. The molecule has 0 radical (unpaired) electrons. The van der Waals surface area contributed by atoms with E-state index in [4.69, 9.17) is 4.74 Å². The van der Waals surface area contributed by atoms with E-state index in [1.165, 1.54) is 12.8 Å². The Labute approximate surface area is 157 Å². The fourth-order valence-electron chi connectivity index (χ4n) is 4.45. The molecule has 3 rings (SSSR count). The number of ether oxygens (including phenoxy) is 1. The second-order valence-corrected chi connectivity index (χ2v) is 8.83. The molecule has 0 aromatic rings. The van der Waals surface area contributed by atoms with Crippen LogP contribution in [-0.4, -0.2) is 78.1 Å². The molecule has 0 aromatic heterocycles. The van der Waals surface area contributed by atoms with E-state index in [0.717, 1.165) is 45.2 Å². The molecule has 0 bridgehead atoms. The van der Waals surface area contributed by atoms with Gasteiger partial charge in [0.2, 0.25) is 5.91 Å². The molecule has 1 atom stereocenters. The summed E-state index contributed by atoms with van der Waals surface area (Å²) in [4.78, 5) is 31.3. The number of likely N-dealkylation sites (tertiary alicyclic amines) is 2. The maximum Gasteiger partial charge on any atom is 0.410 e. The Kier molecular flexibility index (Phi) is 6.10. The van der Waals surface area contributed by atoms with E-state index in [9.17, 15) is 9.59 Å². The summed E-state index contributed by atoms with van der Waals surface area (Å²) in [5.41, 5.74) is -0.375. The summed E-state index contributed by atoms with van der Waals surface area (Å²) in [6.07, 6.45) is 6.87. The van der Waals surface area contributed by atoms with Crippen molar-refractivity contribution in [2.75, 3.05) is 39.8 Å². The van der Waals surface area contributed by atoms with E-state index < -0.39 is 0 Å². The minimum Gasteiger partial charge on any atom is -0.441 e. The molecule has 148 valence electrons. The topological polar surface area (TPSA) is 53.1 Å². The SMILES string of the molecule is CC(C)CCN1CC2(CCN(C(=O)C3CCCCCN3C)CC2)OC1=O. The van der Waals surface area contributed by atoms with Crippen molar-refractivity contribution in [1.82, 2.24) is 14.7 Å². The van der Waals surface area contributed by atoms with E-state index in [1.54, 1.807) is 0 Å². The molecule has 26 heavy (non-hydrogen) atoms. The quantitative estimate of drug-likeness (QED) is 0.769. The summed E-state index contributed by atoms with van der Waals surface area (Å²) in [7, 11) is 2.07. The normalized spacial score (nSPS) is 27.1. The van der Waals surface area contributed by atoms with Crippen LogP contribution in [0.4, 0.5) is 4.79 Å². The zero-order valence-electron chi connectivity index (χ0n) is 16.7. The van der Waals surface area contributed by atoms with Gasteiger partial charge in [-0.15, -0.1) is 0 Å². The van der Waals surface area contributed by atoms with Crippen LogP contribution in [0.15, 0.2) is 0 Å². The monoisotopic (exact) mass is 365 g/mol. The molecule has 0 aromatic carbocycles. The minimum absolute atomic E-state index is 0.0280. The van der Waals surface area contributed by atoms with Gasteiger partial charge in [0.05, 0.1) is 12.6 Å². The van der Waals surface area contributed by atoms with Crippen molar-refractivity contribution < 1.29 is 14.3 Å². The number of piperidine rings is 1. The first-order valence-corrected chi connectivity index (χ1v) is 10.4. The molecular weight excluding hydrogens is 330 g/mol. The highest BCUT2D eigenvalue weighted by atomic mass is 16.6. The summed E-state index contributed by atoms with van der Waals surface area (Å²) in [5.74, 6) is 0.848. The van der Waals surface area contributed by atoms with Crippen LogP contribution in [0, 0.1) is 5.92 Å². The third-order valence-electron chi connectivity index (χ3n) is 6.31. The van der Waals surface area contributed by atoms with Gasteiger partial charge in [-0.3, -0.25) is 9.69 Å². The lowest BCUT2D eigenvalue weighted by Crippen LogP contribution is -2.53. The fraction of sp³-hybridized carbons (Fsp3) is 0.900. The Hall–Kier alpha value is -1.30. The number of rotatable bonds is 4. The van der Waals surface area contributed by atoms with Gasteiger partial charge in [-0.05, 0) is 38.8 Å². The Morgan fingerprint density at radius 2 is 1.92 bits per heavy atom. The average molecular weight is 366 g/mol. The molecule has 0 saturated carbocycles. The number of nitrogens with zero attached hydrogens (tertiary/aromatic N) is 3. The molecule has 1 spiro atoms. The van der Waals surface area contributed by atoms with Gasteiger partial charge in [0, 0.05) is 32.5 Å². The Morgan fingerprint density at radius 1 is 1.19 bits per heavy atom. The number of carbonyl (C=O) groups is 2. The molecule has 1 unspecified atom stereocenters. The van der Waals surface area contributed by atoms with Crippen molar-refractivity contribution in [2.24, 2.45) is 5.92 Å². The van der Waals surface area contributed by atoms with Gasteiger partial charge in [-0.1, -0.05) is 26.7 Å². The lowest BCUT2D eigenvalue weighted by Gasteiger charge is -2.39. The Bertz CT molecular complexity index is 514. The predicted octanol–water partition coefficient (Wildman–Crippen LogP) is 2.72. The summed E-state index contributed by atoms with van der Waals surface area (Å²) < 4.78 is 5.79. The standard InChI is InChI=1S/C20H35N3O3/c1-16(2)8-12-23-15-20(26-19(23)25)9-13-22(14-10-20)18(24)17-7-5-4-6-11-21(17)3/h16-17H,4-15H2,1-3H3. The molecule has 3 aliphatic rings. The predicted molar refractivity (Wildman–Crippen MR) is 101 cm³/mol. The summed E-state index contributed by atoms with van der Waals surface area (Å²) in [5, 5.41) is 0.